The molecule has 0 aliphatic heterocycles. The van der Waals surface area contributed by atoms with E-state index in [4.69, 9.17) is 9.97 Å². The standard InChI is InChI=1S/C25H25N5OS/c1-15(2)24(31)28-18-10-8-16(9-11-18)13-27-23-21-19-6-3-7-20(19)32-25(21)30-22(29-23)17-5-4-12-26-14-17/h4-5,8-12,14-15H,3,6-7,13H2,1-2H3,(H,28,31)(H,27,29,30). The van der Waals surface area contributed by atoms with Gasteiger partial charge < -0.3 is 10.6 Å². The molecular formula is C25H25N5OS. The number of nitrogens with zero attached hydrogens (tertiary/aromatic N) is 3. The van der Waals surface area contributed by atoms with Crippen LogP contribution in [0, 0.1) is 5.92 Å². The molecule has 0 radical (unpaired) electrons. The van der Waals surface area contributed by atoms with Crippen LogP contribution in [-0.2, 0) is 24.2 Å². The maximum atomic E-state index is 11.9. The van der Waals surface area contributed by atoms with E-state index in [2.05, 4.69) is 15.6 Å². The van der Waals surface area contributed by atoms with Crippen LogP contribution < -0.4 is 10.6 Å². The van der Waals surface area contributed by atoms with Crippen LogP contribution >= 0.6 is 11.3 Å². The minimum atomic E-state index is -0.0436. The van der Waals surface area contributed by atoms with Gasteiger partial charge in [0, 0.05) is 41.0 Å². The molecule has 162 valence electrons. The zero-order chi connectivity index (χ0) is 22.1. The Hall–Kier alpha value is -3.32. The molecule has 6 nitrogen and oxygen atoms in total. The average Bonchev–Trinajstić information content (AvgIpc) is 3.40. The highest BCUT2D eigenvalue weighted by molar-refractivity contribution is 7.19. The summed E-state index contributed by atoms with van der Waals surface area (Å²) in [6.07, 6.45) is 6.97. The molecular weight excluding hydrogens is 418 g/mol. The Morgan fingerprint density at radius 2 is 1.97 bits per heavy atom. The van der Waals surface area contributed by atoms with Gasteiger partial charge in [0.15, 0.2) is 5.82 Å². The molecule has 1 aromatic carbocycles. The summed E-state index contributed by atoms with van der Waals surface area (Å²) < 4.78 is 0. The van der Waals surface area contributed by atoms with Crippen LogP contribution in [0.15, 0.2) is 48.8 Å². The number of thiophene rings is 1. The smallest absolute Gasteiger partial charge is 0.226 e. The Morgan fingerprint density at radius 1 is 1.12 bits per heavy atom. The molecule has 1 aliphatic carbocycles. The van der Waals surface area contributed by atoms with Gasteiger partial charge >= 0.3 is 0 Å². The van der Waals surface area contributed by atoms with Crippen molar-refractivity contribution in [3.8, 4) is 11.4 Å². The molecule has 5 rings (SSSR count). The minimum Gasteiger partial charge on any atom is -0.365 e. The molecule has 2 N–H and O–H groups in total. The number of aryl methyl sites for hydroxylation is 2. The van der Waals surface area contributed by atoms with Crippen molar-refractivity contribution in [2.45, 2.75) is 39.7 Å². The summed E-state index contributed by atoms with van der Waals surface area (Å²) in [5.74, 6) is 1.55. The number of amides is 1. The fraction of sp³-hybridized carbons (Fsp3) is 0.280. The number of fused-ring (bicyclic) bond motifs is 3. The second-order valence-corrected chi connectivity index (χ2v) is 9.45. The zero-order valence-electron chi connectivity index (χ0n) is 18.2. The van der Waals surface area contributed by atoms with Gasteiger partial charge in [0.1, 0.15) is 10.6 Å². The van der Waals surface area contributed by atoms with Gasteiger partial charge in [-0.15, -0.1) is 11.3 Å². The predicted octanol–water partition coefficient (Wildman–Crippen LogP) is 5.45. The lowest BCUT2D eigenvalue weighted by Gasteiger charge is -2.11. The number of rotatable bonds is 6. The van der Waals surface area contributed by atoms with Crippen LogP contribution in [-0.4, -0.2) is 20.9 Å². The first-order valence-corrected chi connectivity index (χ1v) is 11.8. The van der Waals surface area contributed by atoms with Crippen molar-refractivity contribution in [2.24, 2.45) is 5.92 Å². The largest absolute Gasteiger partial charge is 0.365 e. The molecule has 0 spiro atoms. The molecule has 1 amide bonds. The van der Waals surface area contributed by atoms with Crippen molar-refractivity contribution < 1.29 is 4.79 Å². The summed E-state index contributed by atoms with van der Waals surface area (Å²) in [6.45, 7) is 4.41. The van der Waals surface area contributed by atoms with Crippen LogP contribution in [0.4, 0.5) is 11.5 Å². The van der Waals surface area contributed by atoms with E-state index in [1.807, 2.05) is 50.2 Å². The average molecular weight is 444 g/mol. The summed E-state index contributed by atoms with van der Waals surface area (Å²) >= 11 is 1.79. The van der Waals surface area contributed by atoms with E-state index in [9.17, 15) is 4.79 Å². The molecule has 3 heterocycles. The molecule has 0 bridgehead atoms. The van der Waals surface area contributed by atoms with E-state index in [1.165, 1.54) is 16.9 Å². The van der Waals surface area contributed by atoms with Crippen LogP contribution in [0.1, 0.15) is 36.3 Å². The van der Waals surface area contributed by atoms with Crippen molar-refractivity contribution in [3.63, 3.8) is 0 Å². The zero-order valence-corrected chi connectivity index (χ0v) is 19.0. The Morgan fingerprint density at radius 3 is 2.72 bits per heavy atom. The lowest BCUT2D eigenvalue weighted by molar-refractivity contribution is -0.118. The Bertz CT molecular complexity index is 1270. The van der Waals surface area contributed by atoms with Crippen LogP contribution in [0.3, 0.4) is 0 Å². The second kappa shape index (κ2) is 8.67. The lowest BCUT2D eigenvalue weighted by Crippen LogP contribution is -2.17. The van der Waals surface area contributed by atoms with Crippen molar-refractivity contribution in [2.75, 3.05) is 10.6 Å². The van der Waals surface area contributed by atoms with E-state index < -0.39 is 0 Å². The van der Waals surface area contributed by atoms with E-state index in [1.54, 1.807) is 23.7 Å². The molecule has 3 aromatic heterocycles. The lowest BCUT2D eigenvalue weighted by atomic mass is 10.1. The summed E-state index contributed by atoms with van der Waals surface area (Å²) in [5.41, 5.74) is 4.24. The van der Waals surface area contributed by atoms with Crippen LogP contribution in [0.2, 0.25) is 0 Å². The monoisotopic (exact) mass is 443 g/mol. The molecule has 4 aromatic rings. The Balaban J connectivity index is 1.42. The molecule has 7 heteroatoms. The summed E-state index contributed by atoms with van der Waals surface area (Å²) in [7, 11) is 0. The van der Waals surface area contributed by atoms with Crippen molar-refractivity contribution in [1.29, 1.82) is 0 Å². The van der Waals surface area contributed by atoms with Gasteiger partial charge in [-0.1, -0.05) is 26.0 Å². The summed E-state index contributed by atoms with van der Waals surface area (Å²) in [5, 5.41) is 7.65. The fourth-order valence-corrected chi connectivity index (χ4v) is 5.19. The van der Waals surface area contributed by atoms with Gasteiger partial charge in [-0.2, -0.15) is 0 Å². The molecule has 0 unspecified atom stereocenters. The summed E-state index contributed by atoms with van der Waals surface area (Å²) in [4.78, 5) is 28.4. The van der Waals surface area contributed by atoms with E-state index in [0.717, 1.165) is 45.7 Å². The summed E-state index contributed by atoms with van der Waals surface area (Å²) in [6, 6.07) is 11.8. The number of carbonyl (C=O) groups is 1. The topological polar surface area (TPSA) is 79.8 Å². The molecule has 32 heavy (non-hydrogen) atoms. The molecule has 0 saturated carbocycles. The third kappa shape index (κ3) is 4.08. The third-order valence-corrected chi connectivity index (χ3v) is 6.88. The number of pyridine rings is 1. The number of hydrogen-bond donors (Lipinski definition) is 2. The van der Waals surface area contributed by atoms with Crippen molar-refractivity contribution in [3.05, 3.63) is 64.8 Å². The quantitative estimate of drug-likeness (QED) is 0.414. The highest BCUT2D eigenvalue weighted by Gasteiger charge is 2.22. The van der Waals surface area contributed by atoms with Crippen molar-refractivity contribution in [1.82, 2.24) is 15.0 Å². The van der Waals surface area contributed by atoms with E-state index in [-0.39, 0.29) is 11.8 Å². The van der Waals surface area contributed by atoms with E-state index in [0.29, 0.717) is 12.4 Å². The van der Waals surface area contributed by atoms with Gasteiger partial charge in [-0.25, -0.2) is 9.97 Å². The van der Waals surface area contributed by atoms with Crippen molar-refractivity contribution >= 4 is 39.0 Å². The molecule has 0 atom stereocenters. The number of hydrogen-bond acceptors (Lipinski definition) is 6. The number of anilines is 2. The van der Waals surface area contributed by atoms with Gasteiger partial charge in [0.25, 0.3) is 0 Å². The van der Waals surface area contributed by atoms with Crippen LogP contribution in [0.25, 0.3) is 21.6 Å². The number of nitrogens with one attached hydrogen (secondary N) is 2. The maximum absolute atomic E-state index is 11.9. The minimum absolute atomic E-state index is 0.0218. The first-order valence-electron chi connectivity index (χ1n) is 10.9. The number of aromatic nitrogens is 3. The Kier molecular flexibility index (Phi) is 5.57. The van der Waals surface area contributed by atoms with Gasteiger partial charge in [-0.3, -0.25) is 9.78 Å². The number of carbonyl (C=O) groups excluding carboxylic acids is 1. The molecule has 0 saturated heterocycles. The Labute approximate surface area is 191 Å². The van der Waals surface area contributed by atoms with Crippen LogP contribution in [0.5, 0.6) is 0 Å². The predicted molar refractivity (Wildman–Crippen MR) is 130 cm³/mol. The fourth-order valence-electron chi connectivity index (χ4n) is 3.93. The normalized spacial score (nSPS) is 12.8. The van der Waals surface area contributed by atoms with E-state index >= 15 is 0 Å². The highest BCUT2D eigenvalue weighted by atomic mass is 32.1. The first kappa shape index (κ1) is 20.6. The molecule has 1 aliphatic rings. The first-order chi connectivity index (χ1) is 15.6. The third-order valence-electron chi connectivity index (χ3n) is 5.69. The SMILES string of the molecule is CC(C)C(=O)Nc1ccc(CNc2nc(-c3cccnc3)nc3sc4c(c23)CCC4)cc1. The maximum Gasteiger partial charge on any atom is 0.226 e. The van der Waals surface area contributed by atoms with Gasteiger partial charge in [0.05, 0.1) is 5.39 Å². The highest BCUT2D eigenvalue weighted by Crippen LogP contribution is 2.40. The van der Waals surface area contributed by atoms with Gasteiger partial charge in [0.2, 0.25) is 5.91 Å². The number of benzene rings is 1. The molecule has 0 fully saturated rings. The van der Waals surface area contributed by atoms with Gasteiger partial charge in [-0.05, 0) is 54.7 Å². The second-order valence-electron chi connectivity index (χ2n) is 8.37.